The zero-order valence-electron chi connectivity index (χ0n) is 9.04. The molecule has 1 aliphatic carbocycles. The minimum Gasteiger partial charge on any atom is -0.393 e. The van der Waals surface area contributed by atoms with Crippen LogP contribution >= 0.6 is 0 Å². The summed E-state index contributed by atoms with van der Waals surface area (Å²) in [5.41, 5.74) is 1.79. The minimum atomic E-state index is -0.142. The van der Waals surface area contributed by atoms with Gasteiger partial charge in [0.05, 0.1) is 6.10 Å². The Morgan fingerprint density at radius 1 is 1.20 bits per heavy atom. The molecule has 1 aromatic rings. The molecular weight excluding hydrogens is 191 g/mol. The Morgan fingerprint density at radius 3 is 2.47 bits per heavy atom. The summed E-state index contributed by atoms with van der Waals surface area (Å²) in [6.45, 7) is 1.78. The Labute approximate surface area is 89.9 Å². The van der Waals surface area contributed by atoms with Gasteiger partial charge in [-0.1, -0.05) is 12.1 Å². The van der Waals surface area contributed by atoms with Gasteiger partial charge in [-0.3, -0.25) is 0 Å². The summed E-state index contributed by atoms with van der Waals surface area (Å²) in [6, 6.07) is 5.51. The van der Waals surface area contributed by atoms with Gasteiger partial charge < -0.3 is 5.11 Å². The van der Waals surface area contributed by atoms with Gasteiger partial charge in [-0.15, -0.1) is 0 Å². The van der Waals surface area contributed by atoms with Gasteiger partial charge in [0, 0.05) is 0 Å². The van der Waals surface area contributed by atoms with E-state index in [2.05, 4.69) is 0 Å². The highest BCUT2D eigenvalue weighted by molar-refractivity contribution is 5.26. The third-order valence-corrected chi connectivity index (χ3v) is 3.36. The molecule has 0 aliphatic heterocycles. The number of rotatable bonds is 1. The number of aliphatic hydroxyl groups is 1. The first-order chi connectivity index (χ1) is 7.16. The molecule has 1 saturated carbocycles. The molecule has 1 aliphatic rings. The van der Waals surface area contributed by atoms with E-state index in [-0.39, 0.29) is 11.9 Å². The Hall–Kier alpha value is -0.890. The topological polar surface area (TPSA) is 20.2 Å². The van der Waals surface area contributed by atoms with E-state index in [1.54, 1.807) is 13.0 Å². The zero-order valence-corrected chi connectivity index (χ0v) is 9.04. The van der Waals surface area contributed by atoms with Crippen molar-refractivity contribution in [2.24, 2.45) is 0 Å². The molecule has 1 aromatic carbocycles. The summed E-state index contributed by atoms with van der Waals surface area (Å²) in [4.78, 5) is 0. The van der Waals surface area contributed by atoms with E-state index in [9.17, 15) is 9.50 Å². The van der Waals surface area contributed by atoms with Crippen LogP contribution in [0.3, 0.4) is 0 Å². The van der Waals surface area contributed by atoms with Gasteiger partial charge in [-0.2, -0.15) is 0 Å². The number of aryl methyl sites for hydroxylation is 1. The van der Waals surface area contributed by atoms with E-state index in [1.807, 2.05) is 12.1 Å². The Morgan fingerprint density at radius 2 is 1.87 bits per heavy atom. The molecular formula is C13H17FO. The molecule has 82 valence electrons. The zero-order chi connectivity index (χ0) is 10.8. The molecule has 0 atom stereocenters. The number of halogens is 1. The lowest BCUT2D eigenvalue weighted by Gasteiger charge is -2.25. The fraction of sp³-hybridized carbons (Fsp3) is 0.538. The second-order valence-corrected chi connectivity index (χ2v) is 4.51. The smallest absolute Gasteiger partial charge is 0.126 e. The number of aliphatic hydroxyl groups excluding tert-OH is 1. The summed E-state index contributed by atoms with van der Waals surface area (Å²) in [6.07, 6.45) is 3.50. The molecule has 0 spiro atoms. The van der Waals surface area contributed by atoms with Crippen molar-refractivity contribution in [3.8, 4) is 0 Å². The second-order valence-electron chi connectivity index (χ2n) is 4.51. The molecule has 0 aromatic heterocycles. The second kappa shape index (κ2) is 4.31. The first-order valence-corrected chi connectivity index (χ1v) is 5.61. The lowest BCUT2D eigenvalue weighted by molar-refractivity contribution is 0.122. The van der Waals surface area contributed by atoms with Crippen molar-refractivity contribution >= 4 is 0 Å². The van der Waals surface area contributed by atoms with Gasteiger partial charge in [-0.05, 0) is 55.7 Å². The van der Waals surface area contributed by atoms with Crippen LogP contribution in [0.25, 0.3) is 0 Å². The van der Waals surface area contributed by atoms with Gasteiger partial charge in [0.1, 0.15) is 5.82 Å². The van der Waals surface area contributed by atoms with E-state index in [4.69, 9.17) is 0 Å². The molecule has 0 saturated heterocycles. The highest BCUT2D eigenvalue weighted by atomic mass is 19.1. The van der Waals surface area contributed by atoms with Gasteiger partial charge in [0.2, 0.25) is 0 Å². The maximum atomic E-state index is 13.4. The van der Waals surface area contributed by atoms with E-state index in [0.29, 0.717) is 11.5 Å². The van der Waals surface area contributed by atoms with E-state index in [1.165, 1.54) is 0 Å². The quantitative estimate of drug-likeness (QED) is 0.751. The number of hydrogen-bond acceptors (Lipinski definition) is 1. The van der Waals surface area contributed by atoms with Crippen molar-refractivity contribution in [2.45, 2.75) is 44.6 Å². The van der Waals surface area contributed by atoms with Crippen molar-refractivity contribution in [1.29, 1.82) is 0 Å². The summed E-state index contributed by atoms with van der Waals surface area (Å²) < 4.78 is 13.4. The van der Waals surface area contributed by atoms with E-state index >= 15 is 0 Å². The fourth-order valence-electron chi connectivity index (χ4n) is 2.27. The summed E-state index contributed by atoms with van der Waals surface area (Å²) >= 11 is 0. The Kier molecular flexibility index (Phi) is 3.06. The SMILES string of the molecule is Cc1ccc(C2CCC(O)CC2)cc1F. The first-order valence-electron chi connectivity index (χ1n) is 5.61. The van der Waals surface area contributed by atoms with Crippen molar-refractivity contribution in [1.82, 2.24) is 0 Å². The van der Waals surface area contributed by atoms with Crippen LogP contribution in [-0.2, 0) is 0 Å². The molecule has 0 bridgehead atoms. The predicted octanol–water partition coefficient (Wildman–Crippen LogP) is 3.15. The van der Waals surface area contributed by atoms with Crippen LogP contribution in [0.5, 0.6) is 0 Å². The molecule has 1 fully saturated rings. The van der Waals surface area contributed by atoms with Crippen LogP contribution in [0.2, 0.25) is 0 Å². The van der Waals surface area contributed by atoms with Crippen LogP contribution < -0.4 is 0 Å². The molecule has 15 heavy (non-hydrogen) atoms. The largest absolute Gasteiger partial charge is 0.393 e. The van der Waals surface area contributed by atoms with E-state index in [0.717, 1.165) is 31.2 Å². The van der Waals surface area contributed by atoms with Crippen LogP contribution in [0.4, 0.5) is 4.39 Å². The van der Waals surface area contributed by atoms with Crippen LogP contribution in [0.15, 0.2) is 18.2 Å². The standard InChI is InChI=1S/C13H17FO/c1-9-2-3-11(8-13(9)14)10-4-6-12(15)7-5-10/h2-3,8,10,12,15H,4-7H2,1H3. The van der Waals surface area contributed by atoms with Gasteiger partial charge in [-0.25, -0.2) is 4.39 Å². The number of benzene rings is 1. The molecule has 0 radical (unpaired) electrons. The van der Waals surface area contributed by atoms with Gasteiger partial charge in [0.25, 0.3) is 0 Å². The third kappa shape index (κ3) is 2.37. The molecule has 0 amide bonds. The normalized spacial score (nSPS) is 26.6. The molecule has 1 nitrogen and oxygen atoms in total. The van der Waals surface area contributed by atoms with Crippen molar-refractivity contribution in [2.75, 3.05) is 0 Å². The van der Waals surface area contributed by atoms with E-state index < -0.39 is 0 Å². The highest BCUT2D eigenvalue weighted by Gasteiger charge is 2.21. The average molecular weight is 208 g/mol. The van der Waals surface area contributed by atoms with Crippen molar-refractivity contribution in [3.63, 3.8) is 0 Å². The third-order valence-electron chi connectivity index (χ3n) is 3.36. The number of hydrogen-bond donors (Lipinski definition) is 1. The lowest BCUT2D eigenvalue weighted by Crippen LogP contribution is -2.17. The summed E-state index contributed by atoms with van der Waals surface area (Å²) in [7, 11) is 0. The summed E-state index contributed by atoms with van der Waals surface area (Å²) in [5, 5.41) is 9.40. The van der Waals surface area contributed by atoms with Crippen LogP contribution in [0, 0.1) is 12.7 Å². The van der Waals surface area contributed by atoms with Crippen LogP contribution in [0.1, 0.15) is 42.7 Å². The predicted molar refractivity (Wildman–Crippen MR) is 58.4 cm³/mol. The van der Waals surface area contributed by atoms with Gasteiger partial charge in [0.15, 0.2) is 0 Å². The average Bonchev–Trinajstić information content (AvgIpc) is 2.23. The highest BCUT2D eigenvalue weighted by Crippen LogP contribution is 2.33. The van der Waals surface area contributed by atoms with Gasteiger partial charge >= 0.3 is 0 Å². The molecule has 0 unspecified atom stereocenters. The lowest BCUT2D eigenvalue weighted by atomic mass is 9.82. The Bertz CT molecular complexity index is 340. The molecule has 2 rings (SSSR count). The van der Waals surface area contributed by atoms with Crippen LogP contribution in [-0.4, -0.2) is 11.2 Å². The minimum absolute atomic E-state index is 0.112. The van der Waals surface area contributed by atoms with Crippen molar-refractivity contribution < 1.29 is 9.50 Å². The molecule has 1 N–H and O–H groups in total. The van der Waals surface area contributed by atoms with Crippen molar-refractivity contribution in [3.05, 3.63) is 35.1 Å². The first kappa shape index (κ1) is 10.6. The Balaban J connectivity index is 2.12. The summed E-state index contributed by atoms with van der Waals surface area (Å²) in [5.74, 6) is 0.321. The maximum absolute atomic E-state index is 13.4. The fourth-order valence-corrected chi connectivity index (χ4v) is 2.27. The maximum Gasteiger partial charge on any atom is 0.126 e. The molecule has 2 heteroatoms. The monoisotopic (exact) mass is 208 g/mol. The molecule has 0 heterocycles.